The first-order chi connectivity index (χ1) is 11.5. The van der Waals surface area contributed by atoms with Crippen molar-refractivity contribution in [3.63, 3.8) is 0 Å². The number of nitrogens with two attached hydrogens (primary N) is 1. The van der Waals surface area contributed by atoms with Crippen LogP contribution >= 0.6 is 0 Å². The van der Waals surface area contributed by atoms with E-state index in [0.717, 1.165) is 24.8 Å². The third-order valence-corrected chi connectivity index (χ3v) is 4.11. The lowest BCUT2D eigenvalue weighted by molar-refractivity contribution is -0.182. The number of carbonyl (C=O) groups is 2. The van der Waals surface area contributed by atoms with Gasteiger partial charge in [0, 0.05) is 5.92 Å². The van der Waals surface area contributed by atoms with E-state index in [9.17, 15) is 9.59 Å². The van der Waals surface area contributed by atoms with Gasteiger partial charge in [-0.3, -0.25) is 14.4 Å². The number of unbranched alkanes of at least 4 members (excludes halogenated alkanes) is 1. The van der Waals surface area contributed by atoms with E-state index in [0.29, 0.717) is 13.0 Å². The van der Waals surface area contributed by atoms with Crippen LogP contribution in [0.25, 0.3) is 0 Å². The summed E-state index contributed by atoms with van der Waals surface area (Å²) in [7, 11) is 0. The Balaban J connectivity index is 2.67. The largest absolute Gasteiger partial charge is 0.321 e. The van der Waals surface area contributed by atoms with E-state index in [-0.39, 0.29) is 24.2 Å². The predicted molar refractivity (Wildman–Crippen MR) is 94.8 cm³/mol. The van der Waals surface area contributed by atoms with Crippen molar-refractivity contribution in [2.45, 2.75) is 52.7 Å². The van der Waals surface area contributed by atoms with Crippen molar-refractivity contribution in [2.75, 3.05) is 6.54 Å². The van der Waals surface area contributed by atoms with Crippen LogP contribution in [0.15, 0.2) is 30.3 Å². The van der Waals surface area contributed by atoms with Crippen LogP contribution in [0, 0.1) is 11.8 Å². The molecule has 1 rings (SSSR count). The molecule has 0 aliphatic carbocycles. The lowest BCUT2D eigenvalue weighted by atomic mass is 9.88. The highest BCUT2D eigenvalue weighted by molar-refractivity contribution is 5.86. The summed E-state index contributed by atoms with van der Waals surface area (Å²) in [5.74, 6) is -0.200. The molecule has 5 nitrogen and oxygen atoms in total. The zero-order chi connectivity index (χ0) is 17.9. The van der Waals surface area contributed by atoms with Crippen LogP contribution in [-0.2, 0) is 21.0 Å². The van der Waals surface area contributed by atoms with Crippen LogP contribution in [0.2, 0.25) is 0 Å². The summed E-state index contributed by atoms with van der Waals surface area (Å²) in [5, 5.41) is 1.22. The minimum atomic E-state index is -0.505. The highest BCUT2D eigenvalue weighted by atomic mass is 16.7. The molecule has 0 fully saturated rings. The van der Waals surface area contributed by atoms with Crippen molar-refractivity contribution in [1.82, 2.24) is 5.06 Å². The van der Waals surface area contributed by atoms with Gasteiger partial charge < -0.3 is 5.73 Å². The summed E-state index contributed by atoms with van der Waals surface area (Å²) in [6.45, 7) is 6.49. The Hall–Kier alpha value is -1.72. The number of rotatable bonds is 12. The lowest BCUT2D eigenvalue weighted by Crippen LogP contribution is -2.43. The van der Waals surface area contributed by atoms with E-state index < -0.39 is 6.04 Å². The molecule has 1 amide bonds. The number of carbonyl (C=O) groups excluding carboxylic acids is 2. The summed E-state index contributed by atoms with van der Waals surface area (Å²) >= 11 is 0. The minimum Gasteiger partial charge on any atom is -0.321 e. The Morgan fingerprint density at radius 2 is 1.96 bits per heavy atom. The highest BCUT2D eigenvalue weighted by Crippen LogP contribution is 2.16. The number of hydrogen-bond acceptors (Lipinski definition) is 4. The third kappa shape index (κ3) is 6.81. The molecule has 0 bridgehead atoms. The van der Waals surface area contributed by atoms with E-state index in [4.69, 9.17) is 10.6 Å². The normalized spacial score (nSPS) is 13.5. The average molecular weight is 334 g/mol. The Kier molecular flexibility index (Phi) is 9.27. The SMILES string of the molecule is CCCC[C@@H](CN(C=O)OCc1ccccc1)C(=O)[C@@H](N)C(C)C. The molecular formula is C19H30N2O3. The molecule has 0 spiro atoms. The first-order valence-corrected chi connectivity index (χ1v) is 8.67. The molecule has 0 aromatic heterocycles. The van der Waals surface area contributed by atoms with Crippen LogP contribution < -0.4 is 5.73 Å². The van der Waals surface area contributed by atoms with Crippen molar-refractivity contribution in [3.8, 4) is 0 Å². The van der Waals surface area contributed by atoms with Gasteiger partial charge in [-0.05, 0) is 17.9 Å². The summed E-state index contributed by atoms with van der Waals surface area (Å²) in [6, 6.07) is 9.11. The van der Waals surface area contributed by atoms with E-state index in [1.807, 2.05) is 44.2 Å². The van der Waals surface area contributed by atoms with Gasteiger partial charge in [-0.1, -0.05) is 63.9 Å². The number of hydrogen-bond donors (Lipinski definition) is 1. The Bertz CT molecular complexity index is 491. The Labute approximate surface area is 145 Å². The second kappa shape index (κ2) is 10.9. The molecule has 1 aromatic rings. The van der Waals surface area contributed by atoms with Gasteiger partial charge in [0.25, 0.3) is 0 Å². The summed E-state index contributed by atoms with van der Waals surface area (Å²) < 4.78 is 0. The van der Waals surface area contributed by atoms with Crippen molar-refractivity contribution in [1.29, 1.82) is 0 Å². The fraction of sp³-hybridized carbons (Fsp3) is 0.579. The van der Waals surface area contributed by atoms with Gasteiger partial charge in [0.15, 0.2) is 5.78 Å². The minimum absolute atomic E-state index is 0.00797. The Morgan fingerprint density at radius 1 is 1.29 bits per heavy atom. The topological polar surface area (TPSA) is 72.6 Å². The molecule has 0 unspecified atom stereocenters. The van der Waals surface area contributed by atoms with E-state index >= 15 is 0 Å². The molecule has 134 valence electrons. The molecule has 0 heterocycles. The smallest absolute Gasteiger partial charge is 0.233 e. The number of hydroxylamine groups is 2. The summed E-state index contributed by atoms with van der Waals surface area (Å²) in [6.07, 6.45) is 3.27. The first-order valence-electron chi connectivity index (χ1n) is 8.67. The van der Waals surface area contributed by atoms with Gasteiger partial charge in [-0.15, -0.1) is 0 Å². The van der Waals surface area contributed by atoms with Crippen LogP contribution in [0.1, 0.15) is 45.6 Å². The lowest BCUT2D eigenvalue weighted by Gasteiger charge is -2.26. The number of amides is 1. The third-order valence-electron chi connectivity index (χ3n) is 4.11. The van der Waals surface area contributed by atoms with Gasteiger partial charge in [0.05, 0.1) is 12.6 Å². The van der Waals surface area contributed by atoms with Gasteiger partial charge in [-0.2, -0.15) is 0 Å². The maximum Gasteiger partial charge on any atom is 0.233 e. The summed E-state index contributed by atoms with van der Waals surface area (Å²) in [5.41, 5.74) is 6.99. The van der Waals surface area contributed by atoms with Crippen molar-refractivity contribution < 1.29 is 14.4 Å². The molecule has 5 heteroatoms. The molecule has 0 radical (unpaired) electrons. The summed E-state index contributed by atoms with van der Waals surface area (Å²) in [4.78, 5) is 29.5. The second-order valence-electron chi connectivity index (χ2n) is 6.48. The zero-order valence-electron chi connectivity index (χ0n) is 15.0. The molecule has 0 aliphatic rings. The molecule has 2 N–H and O–H groups in total. The molecular weight excluding hydrogens is 304 g/mol. The van der Waals surface area contributed by atoms with Crippen molar-refractivity contribution in [3.05, 3.63) is 35.9 Å². The quantitative estimate of drug-likeness (QED) is 0.471. The van der Waals surface area contributed by atoms with Crippen LogP contribution in [0.5, 0.6) is 0 Å². The molecule has 0 saturated carbocycles. The average Bonchev–Trinajstić information content (AvgIpc) is 2.60. The monoisotopic (exact) mass is 334 g/mol. The molecule has 0 aliphatic heterocycles. The maximum atomic E-state index is 12.6. The van der Waals surface area contributed by atoms with E-state index in [1.54, 1.807) is 0 Å². The Morgan fingerprint density at radius 3 is 2.50 bits per heavy atom. The molecule has 2 atom stereocenters. The molecule has 24 heavy (non-hydrogen) atoms. The fourth-order valence-electron chi connectivity index (χ4n) is 2.45. The van der Waals surface area contributed by atoms with Crippen LogP contribution in [0.3, 0.4) is 0 Å². The number of ketones is 1. The van der Waals surface area contributed by atoms with Crippen molar-refractivity contribution in [2.24, 2.45) is 17.6 Å². The predicted octanol–water partition coefficient (Wildman–Crippen LogP) is 2.94. The molecule has 1 aromatic carbocycles. The van der Waals surface area contributed by atoms with Crippen LogP contribution in [-0.4, -0.2) is 29.8 Å². The van der Waals surface area contributed by atoms with Gasteiger partial charge in [0.2, 0.25) is 6.41 Å². The number of nitrogens with zero attached hydrogens (tertiary/aromatic N) is 1. The zero-order valence-corrected chi connectivity index (χ0v) is 15.0. The van der Waals surface area contributed by atoms with Gasteiger partial charge in [0.1, 0.15) is 6.61 Å². The second-order valence-corrected chi connectivity index (χ2v) is 6.48. The van der Waals surface area contributed by atoms with Crippen molar-refractivity contribution >= 4 is 12.2 Å². The standard InChI is InChI=1S/C19H30N2O3/c1-4-5-11-17(19(23)18(20)15(2)3)12-21(14-22)24-13-16-9-7-6-8-10-16/h6-10,14-15,17-18H,4-5,11-13,20H2,1-3H3/t17-,18-/m0/s1. The maximum absolute atomic E-state index is 12.6. The van der Waals surface area contributed by atoms with E-state index in [2.05, 4.69) is 6.92 Å². The highest BCUT2D eigenvalue weighted by Gasteiger charge is 2.27. The van der Waals surface area contributed by atoms with Crippen LogP contribution in [0.4, 0.5) is 0 Å². The first kappa shape index (κ1) is 20.3. The van der Waals surface area contributed by atoms with E-state index in [1.165, 1.54) is 5.06 Å². The molecule has 0 saturated heterocycles. The fourth-order valence-corrected chi connectivity index (χ4v) is 2.45. The number of Topliss-reactive ketones (excluding diaryl/α,β-unsaturated/α-hetero) is 1. The van der Waals surface area contributed by atoms with Gasteiger partial charge >= 0.3 is 0 Å². The number of benzene rings is 1. The van der Waals surface area contributed by atoms with Gasteiger partial charge in [-0.25, -0.2) is 5.06 Å².